The molecule has 0 saturated carbocycles. The quantitative estimate of drug-likeness (QED) is 0.647. The number of aromatic nitrogens is 2. The van der Waals surface area contributed by atoms with Crippen molar-refractivity contribution in [3.05, 3.63) is 46.6 Å². The molecule has 7 nitrogen and oxygen atoms in total. The summed E-state index contributed by atoms with van der Waals surface area (Å²) in [5.41, 5.74) is 5.68. The number of nitrogens with zero attached hydrogens (tertiary/aromatic N) is 5. The van der Waals surface area contributed by atoms with Gasteiger partial charge in [-0.25, -0.2) is 0 Å². The van der Waals surface area contributed by atoms with Gasteiger partial charge in [-0.15, -0.1) is 0 Å². The molecule has 2 aliphatic heterocycles. The number of benzene rings is 1. The highest BCUT2D eigenvalue weighted by Gasteiger charge is 2.43. The van der Waals surface area contributed by atoms with Gasteiger partial charge in [0, 0.05) is 48.7 Å². The van der Waals surface area contributed by atoms with Crippen molar-refractivity contribution >= 4 is 5.82 Å². The molecule has 7 heteroatoms. The summed E-state index contributed by atoms with van der Waals surface area (Å²) >= 11 is 0. The summed E-state index contributed by atoms with van der Waals surface area (Å²) in [4.78, 5) is 15.1. The maximum atomic E-state index is 9.29. The van der Waals surface area contributed by atoms with Crippen LogP contribution in [0.2, 0.25) is 0 Å². The normalized spacial score (nSPS) is 27.4. The minimum atomic E-state index is 0.170. The van der Waals surface area contributed by atoms with Crippen LogP contribution in [0, 0.1) is 11.3 Å². The van der Waals surface area contributed by atoms with Gasteiger partial charge in [0.1, 0.15) is 12.4 Å². The molecule has 1 unspecified atom stereocenters. The SMILES string of the molecule is CC(C)N1CCC[C@H]1COc1nc2c(c(N3CCN[C@@H](CC#N)C3)n1)CCC1(CCc3ccccc31)C2. The third-order valence-electron chi connectivity index (χ3n) is 9.25. The van der Waals surface area contributed by atoms with Crippen LogP contribution in [0.4, 0.5) is 5.82 Å². The topological polar surface area (TPSA) is 77.3 Å². The number of nitrogens with one attached hydrogen (secondary N) is 1. The standard InChI is InChI=1S/C30H40N6O/c1-21(2)36-16-5-7-24(36)20-37-29-33-27-18-30(12-9-22-6-3-4-8-26(22)30)13-10-25(27)28(34-29)35-17-15-32-23(19-35)11-14-31/h3-4,6,8,21,23-24,32H,5,7,9-13,15-20H2,1-2H3/t23-,24-,30?/m0/s1. The third-order valence-corrected chi connectivity index (χ3v) is 9.25. The van der Waals surface area contributed by atoms with E-state index in [-0.39, 0.29) is 11.5 Å². The van der Waals surface area contributed by atoms with Gasteiger partial charge in [-0.2, -0.15) is 15.2 Å². The molecule has 3 atom stereocenters. The Bertz CT molecular complexity index is 1180. The highest BCUT2D eigenvalue weighted by atomic mass is 16.5. The van der Waals surface area contributed by atoms with Crippen molar-refractivity contribution in [2.24, 2.45) is 0 Å². The molecule has 196 valence electrons. The summed E-state index contributed by atoms with van der Waals surface area (Å²) in [7, 11) is 0. The van der Waals surface area contributed by atoms with Gasteiger partial charge in [-0.1, -0.05) is 24.3 Å². The molecule has 2 aliphatic carbocycles. The fraction of sp³-hybridized carbons (Fsp3) is 0.633. The molecule has 1 aromatic carbocycles. The Kier molecular flexibility index (Phi) is 6.81. The molecule has 1 spiro atoms. The van der Waals surface area contributed by atoms with E-state index in [1.165, 1.54) is 41.6 Å². The second-order valence-electron chi connectivity index (χ2n) is 11.8. The second-order valence-corrected chi connectivity index (χ2v) is 11.8. The molecule has 4 aliphatic rings. The molecule has 1 N–H and O–H groups in total. The number of ether oxygens (including phenoxy) is 1. The van der Waals surface area contributed by atoms with Gasteiger partial charge in [0.15, 0.2) is 0 Å². The fourth-order valence-electron chi connectivity index (χ4n) is 7.36. The smallest absolute Gasteiger partial charge is 0.318 e. The van der Waals surface area contributed by atoms with Crippen LogP contribution in [0.1, 0.15) is 68.3 Å². The van der Waals surface area contributed by atoms with E-state index in [0.717, 1.165) is 57.7 Å². The zero-order chi connectivity index (χ0) is 25.4. The van der Waals surface area contributed by atoms with E-state index in [2.05, 4.69) is 59.3 Å². The third kappa shape index (κ3) is 4.70. The number of hydrogen-bond acceptors (Lipinski definition) is 7. The average Bonchev–Trinajstić information content (AvgIpc) is 3.53. The molecule has 2 aromatic rings. The first kappa shape index (κ1) is 24.6. The molecule has 37 heavy (non-hydrogen) atoms. The Hall–Kier alpha value is -2.69. The van der Waals surface area contributed by atoms with Gasteiger partial charge in [-0.05, 0) is 76.5 Å². The van der Waals surface area contributed by atoms with Gasteiger partial charge in [0.25, 0.3) is 0 Å². The predicted octanol–water partition coefficient (Wildman–Crippen LogP) is 3.79. The number of hydrogen-bond donors (Lipinski definition) is 1. The molecule has 0 amide bonds. The first-order valence-electron chi connectivity index (χ1n) is 14.3. The number of fused-ring (bicyclic) bond motifs is 3. The van der Waals surface area contributed by atoms with Crippen LogP contribution in [-0.4, -0.2) is 65.8 Å². The van der Waals surface area contributed by atoms with E-state index >= 15 is 0 Å². The summed E-state index contributed by atoms with van der Waals surface area (Å²) in [6.07, 6.45) is 8.37. The molecule has 0 bridgehead atoms. The van der Waals surface area contributed by atoms with Crippen molar-refractivity contribution in [2.75, 3.05) is 37.7 Å². The lowest BCUT2D eigenvalue weighted by atomic mass is 9.69. The van der Waals surface area contributed by atoms with Crippen molar-refractivity contribution < 1.29 is 4.74 Å². The minimum Gasteiger partial charge on any atom is -0.462 e. The van der Waals surface area contributed by atoms with Crippen LogP contribution in [-0.2, 0) is 24.7 Å². The maximum Gasteiger partial charge on any atom is 0.318 e. The summed E-state index contributed by atoms with van der Waals surface area (Å²) in [5, 5.41) is 12.8. The Morgan fingerprint density at radius 2 is 2.05 bits per heavy atom. The summed E-state index contributed by atoms with van der Waals surface area (Å²) in [5.74, 6) is 1.04. The number of likely N-dealkylation sites (tertiary alicyclic amines) is 1. The van der Waals surface area contributed by atoms with Crippen LogP contribution >= 0.6 is 0 Å². The number of rotatable bonds is 6. The number of aryl methyl sites for hydroxylation is 1. The van der Waals surface area contributed by atoms with Gasteiger partial charge >= 0.3 is 6.01 Å². The van der Waals surface area contributed by atoms with E-state index in [1.807, 2.05) is 0 Å². The molecule has 0 radical (unpaired) electrons. The van der Waals surface area contributed by atoms with Gasteiger partial charge in [-0.3, -0.25) is 4.90 Å². The van der Waals surface area contributed by atoms with Gasteiger partial charge < -0.3 is 15.0 Å². The Morgan fingerprint density at radius 3 is 2.92 bits per heavy atom. The zero-order valence-electron chi connectivity index (χ0n) is 22.4. The lowest BCUT2D eigenvalue weighted by Gasteiger charge is -2.39. The summed E-state index contributed by atoms with van der Waals surface area (Å²) in [6.45, 7) is 8.88. The molecule has 3 heterocycles. The first-order chi connectivity index (χ1) is 18.1. The van der Waals surface area contributed by atoms with Gasteiger partial charge in [0.2, 0.25) is 0 Å². The van der Waals surface area contributed by atoms with Crippen molar-refractivity contribution in [3.8, 4) is 12.1 Å². The van der Waals surface area contributed by atoms with Crippen molar-refractivity contribution in [1.29, 1.82) is 5.26 Å². The largest absolute Gasteiger partial charge is 0.462 e. The molecule has 2 fully saturated rings. The first-order valence-corrected chi connectivity index (χ1v) is 14.3. The maximum absolute atomic E-state index is 9.29. The zero-order valence-corrected chi connectivity index (χ0v) is 22.4. The van der Waals surface area contributed by atoms with Gasteiger partial charge in [0.05, 0.1) is 18.2 Å². The lowest BCUT2D eigenvalue weighted by Crippen LogP contribution is -2.51. The lowest BCUT2D eigenvalue weighted by molar-refractivity contribution is 0.138. The minimum absolute atomic E-state index is 0.170. The van der Waals surface area contributed by atoms with Crippen molar-refractivity contribution in [2.45, 2.75) is 88.8 Å². The van der Waals surface area contributed by atoms with E-state index in [0.29, 0.717) is 31.1 Å². The Balaban J connectivity index is 1.31. The summed E-state index contributed by atoms with van der Waals surface area (Å²) < 4.78 is 6.40. The van der Waals surface area contributed by atoms with Crippen molar-refractivity contribution in [3.63, 3.8) is 0 Å². The highest BCUT2D eigenvalue weighted by molar-refractivity contribution is 5.54. The molecular weight excluding hydrogens is 460 g/mol. The molecule has 1 aromatic heterocycles. The predicted molar refractivity (Wildman–Crippen MR) is 145 cm³/mol. The Morgan fingerprint density at radius 1 is 1.19 bits per heavy atom. The Labute approximate surface area is 221 Å². The fourth-order valence-corrected chi connectivity index (χ4v) is 7.36. The molecule has 2 saturated heterocycles. The number of nitriles is 1. The van der Waals surface area contributed by atoms with Crippen LogP contribution in [0.25, 0.3) is 0 Å². The van der Waals surface area contributed by atoms with E-state index in [1.54, 1.807) is 0 Å². The molecular formula is C30H40N6O. The monoisotopic (exact) mass is 500 g/mol. The number of piperazine rings is 1. The van der Waals surface area contributed by atoms with Crippen LogP contribution in [0.15, 0.2) is 24.3 Å². The summed E-state index contributed by atoms with van der Waals surface area (Å²) in [6, 6.07) is 13.0. The average molecular weight is 501 g/mol. The van der Waals surface area contributed by atoms with Crippen LogP contribution < -0.4 is 15.0 Å². The molecule has 6 rings (SSSR count). The number of anilines is 1. The van der Waals surface area contributed by atoms with E-state index in [4.69, 9.17) is 14.7 Å². The van der Waals surface area contributed by atoms with Crippen LogP contribution in [0.5, 0.6) is 6.01 Å². The second kappa shape index (κ2) is 10.2. The van der Waals surface area contributed by atoms with Crippen LogP contribution in [0.3, 0.4) is 0 Å². The van der Waals surface area contributed by atoms with Crippen molar-refractivity contribution in [1.82, 2.24) is 20.2 Å². The highest BCUT2D eigenvalue weighted by Crippen LogP contribution is 2.48. The van der Waals surface area contributed by atoms with E-state index < -0.39 is 0 Å². The van der Waals surface area contributed by atoms with E-state index in [9.17, 15) is 5.26 Å².